The number of nitrogens with one attached hydrogen (secondary N) is 1. The maximum Gasteiger partial charge on any atom is 0.295 e. The Balaban J connectivity index is 2.31. The molecule has 0 aliphatic carbocycles. The summed E-state index contributed by atoms with van der Waals surface area (Å²) in [5.74, 6) is -0.759. The summed E-state index contributed by atoms with van der Waals surface area (Å²) in [6.07, 6.45) is 3.09. The third-order valence-electron chi connectivity index (χ3n) is 2.87. The fourth-order valence-corrected chi connectivity index (χ4v) is 2.04. The van der Waals surface area contributed by atoms with Crippen LogP contribution in [0.5, 0.6) is 0 Å². The normalized spacial score (nSPS) is 10.1. The lowest BCUT2D eigenvalue weighted by atomic mass is 10.1. The minimum absolute atomic E-state index is 0.0967. The van der Waals surface area contributed by atoms with Crippen LogP contribution in [-0.4, -0.2) is 20.7 Å². The number of carbonyl (C=O) groups excluding carboxylic acids is 1. The molecule has 2 aromatic rings. The molecule has 23 heavy (non-hydrogen) atoms. The molecule has 1 aromatic heterocycles. The number of benzene rings is 1. The van der Waals surface area contributed by atoms with E-state index in [4.69, 9.17) is 11.6 Å². The van der Waals surface area contributed by atoms with Crippen molar-refractivity contribution < 1.29 is 14.6 Å². The van der Waals surface area contributed by atoms with Crippen molar-refractivity contribution in [1.82, 2.24) is 10.3 Å². The molecule has 0 unspecified atom stereocenters. The van der Waals surface area contributed by atoms with Crippen molar-refractivity contribution in [2.75, 3.05) is 0 Å². The molecule has 0 bridgehead atoms. The van der Waals surface area contributed by atoms with E-state index >= 15 is 0 Å². The van der Waals surface area contributed by atoms with Gasteiger partial charge in [0, 0.05) is 25.0 Å². The van der Waals surface area contributed by atoms with Gasteiger partial charge in [0.15, 0.2) is 0 Å². The zero-order valence-electron chi connectivity index (χ0n) is 11.4. The highest BCUT2D eigenvalue weighted by Gasteiger charge is 2.26. The number of carbonyl (C=O) groups is 1. The van der Waals surface area contributed by atoms with Crippen LogP contribution >= 0.6 is 11.6 Å². The summed E-state index contributed by atoms with van der Waals surface area (Å²) >= 11 is 5.82. The second kappa shape index (κ2) is 6.79. The lowest BCUT2D eigenvalue weighted by Crippen LogP contribution is -2.23. The van der Waals surface area contributed by atoms with E-state index in [2.05, 4.69) is 10.3 Å². The third kappa shape index (κ3) is 3.77. The Hall–Kier alpha value is -3.07. The van der Waals surface area contributed by atoms with Crippen LogP contribution < -0.4 is 5.32 Å². The summed E-state index contributed by atoms with van der Waals surface area (Å²) < 4.78 is 0. The molecule has 0 atom stereocenters. The number of nitrogens with zero attached hydrogens (tertiary/aromatic N) is 3. The maximum atomic E-state index is 12.1. The molecule has 2 rings (SSSR count). The van der Waals surface area contributed by atoms with E-state index in [1.807, 2.05) is 0 Å². The zero-order chi connectivity index (χ0) is 17.0. The predicted molar refractivity (Wildman–Crippen MR) is 80.2 cm³/mol. The quantitative estimate of drug-likeness (QED) is 0.659. The first-order valence-electron chi connectivity index (χ1n) is 6.19. The van der Waals surface area contributed by atoms with E-state index in [1.165, 1.54) is 6.20 Å². The number of hydrogen-bond acceptors (Lipinski definition) is 6. The molecule has 0 fully saturated rings. The van der Waals surface area contributed by atoms with E-state index < -0.39 is 32.2 Å². The lowest BCUT2D eigenvalue weighted by Gasteiger charge is -2.07. The first-order chi connectivity index (χ1) is 10.9. The standard InChI is InChI=1S/C13H9ClN4O5/c14-12-10(4-9(17(20)21)5-11(12)18(22)23)13(19)16-7-8-2-1-3-15-6-8/h1-6H,7H2,(H,16,19). The average molecular weight is 337 g/mol. The smallest absolute Gasteiger partial charge is 0.295 e. The number of hydrogen-bond donors (Lipinski definition) is 1. The van der Waals surface area contributed by atoms with Crippen molar-refractivity contribution in [2.24, 2.45) is 0 Å². The van der Waals surface area contributed by atoms with E-state index in [9.17, 15) is 25.0 Å². The summed E-state index contributed by atoms with van der Waals surface area (Å²) in [6, 6.07) is 4.99. The molecule has 0 aliphatic rings. The molecule has 1 N–H and O–H groups in total. The summed E-state index contributed by atoms with van der Waals surface area (Å²) in [4.78, 5) is 36.0. The molecule has 9 nitrogen and oxygen atoms in total. The topological polar surface area (TPSA) is 128 Å². The average Bonchev–Trinajstić information content (AvgIpc) is 2.53. The monoisotopic (exact) mass is 336 g/mol. The van der Waals surface area contributed by atoms with Gasteiger partial charge in [0.05, 0.1) is 21.5 Å². The summed E-state index contributed by atoms with van der Waals surface area (Å²) in [5.41, 5.74) is -0.937. The van der Waals surface area contributed by atoms with Crippen molar-refractivity contribution in [2.45, 2.75) is 6.54 Å². The molecule has 1 amide bonds. The first kappa shape index (κ1) is 16.3. The lowest BCUT2D eigenvalue weighted by molar-refractivity contribution is -0.394. The maximum absolute atomic E-state index is 12.1. The van der Waals surface area contributed by atoms with E-state index in [0.29, 0.717) is 11.6 Å². The van der Waals surface area contributed by atoms with Crippen molar-refractivity contribution in [3.05, 3.63) is 73.0 Å². The van der Waals surface area contributed by atoms with Crippen LogP contribution in [0.1, 0.15) is 15.9 Å². The van der Waals surface area contributed by atoms with Gasteiger partial charge >= 0.3 is 0 Å². The second-order valence-corrected chi connectivity index (χ2v) is 4.76. The molecule has 1 heterocycles. The highest BCUT2D eigenvalue weighted by Crippen LogP contribution is 2.32. The van der Waals surface area contributed by atoms with Gasteiger partial charge in [-0.15, -0.1) is 0 Å². The van der Waals surface area contributed by atoms with E-state index in [1.54, 1.807) is 18.3 Å². The number of rotatable bonds is 5. The van der Waals surface area contributed by atoms with Gasteiger partial charge in [-0.05, 0) is 11.6 Å². The third-order valence-corrected chi connectivity index (χ3v) is 3.26. The highest BCUT2D eigenvalue weighted by atomic mass is 35.5. The van der Waals surface area contributed by atoms with Crippen LogP contribution in [0.2, 0.25) is 5.02 Å². The minimum atomic E-state index is -0.882. The fourth-order valence-electron chi connectivity index (χ4n) is 1.78. The number of non-ortho nitro benzene ring substituents is 1. The molecular formula is C13H9ClN4O5. The predicted octanol–water partition coefficient (Wildman–Crippen LogP) is 2.48. The number of nitro benzene ring substituents is 2. The summed E-state index contributed by atoms with van der Waals surface area (Å²) in [5, 5.41) is 23.8. The highest BCUT2D eigenvalue weighted by molar-refractivity contribution is 6.36. The van der Waals surface area contributed by atoms with Crippen molar-refractivity contribution in [3.63, 3.8) is 0 Å². The number of nitro groups is 2. The Kier molecular flexibility index (Phi) is 4.82. The Morgan fingerprint density at radius 2 is 2.00 bits per heavy atom. The van der Waals surface area contributed by atoms with E-state index in [-0.39, 0.29) is 12.1 Å². The van der Waals surface area contributed by atoms with Gasteiger partial charge in [-0.2, -0.15) is 0 Å². The van der Waals surface area contributed by atoms with Crippen LogP contribution in [0.15, 0.2) is 36.7 Å². The number of halogens is 1. The molecule has 118 valence electrons. The number of pyridine rings is 1. The van der Waals surface area contributed by atoms with Crippen molar-refractivity contribution >= 4 is 28.9 Å². The number of amides is 1. The van der Waals surface area contributed by atoms with Crippen molar-refractivity contribution in [3.8, 4) is 0 Å². The van der Waals surface area contributed by atoms with Gasteiger partial charge in [0.2, 0.25) is 0 Å². The fraction of sp³-hybridized carbons (Fsp3) is 0.0769. The minimum Gasteiger partial charge on any atom is -0.348 e. The van der Waals surface area contributed by atoms with Gasteiger partial charge < -0.3 is 5.32 Å². The summed E-state index contributed by atoms with van der Waals surface area (Å²) in [7, 11) is 0. The molecule has 0 aliphatic heterocycles. The van der Waals surface area contributed by atoms with Gasteiger partial charge in [-0.25, -0.2) is 0 Å². The Morgan fingerprint density at radius 1 is 1.26 bits per heavy atom. The van der Waals surface area contributed by atoms with Gasteiger partial charge in [-0.1, -0.05) is 17.7 Å². The SMILES string of the molecule is O=C(NCc1cccnc1)c1cc([N+](=O)[O-])cc([N+](=O)[O-])c1Cl. The first-order valence-corrected chi connectivity index (χ1v) is 6.57. The van der Waals surface area contributed by atoms with Crippen molar-refractivity contribution in [1.29, 1.82) is 0 Å². The molecule has 0 spiro atoms. The largest absolute Gasteiger partial charge is 0.348 e. The molecule has 10 heteroatoms. The van der Waals surface area contributed by atoms with Crippen LogP contribution in [0.3, 0.4) is 0 Å². The molecular weight excluding hydrogens is 328 g/mol. The second-order valence-electron chi connectivity index (χ2n) is 4.38. The van der Waals surface area contributed by atoms with Crippen LogP contribution in [-0.2, 0) is 6.54 Å². The molecule has 0 saturated heterocycles. The Morgan fingerprint density at radius 3 is 2.57 bits per heavy atom. The molecule has 0 saturated carbocycles. The Labute approximate surface area is 134 Å². The summed E-state index contributed by atoms with van der Waals surface area (Å²) in [6.45, 7) is 0.0967. The van der Waals surface area contributed by atoms with Gasteiger partial charge in [-0.3, -0.25) is 30.0 Å². The van der Waals surface area contributed by atoms with Crippen LogP contribution in [0.4, 0.5) is 11.4 Å². The van der Waals surface area contributed by atoms with Crippen LogP contribution in [0.25, 0.3) is 0 Å². The van der Waals surface area contributed by atoms with Crippen LogP contribution in [0, 0.1) is 20.2 Å². The Bertz CT molecular complexity index is 781. The molecule has 0 radical (unpaired) electrons. The van der Waals surface area contributed by atoms with Gasteiger partial charge in [0.25, 0.3) is 17.3 Å². The molecule has 1 aromatic carbocycles. The number of aromatic nitrogens is 1. The van der Waals surface area contributed by atoms with Gasteiger partial charge in [0.1, 0.15) is 5.02 Å². The van der Waals surface area contributed by atoms with E-state index in [0.717, 1.165) is 6.07 Å². The zero-order valence-corrected chi connectivity index (χ0v) is 12.2.